The van der Waals surface area contributed by atoms with Gasteiger partial charge in [-0.25, -0.2) is 0 Å². The monoisotopic (exact) mass is 430 g/mol. The predicted molar refractivity (Wildman–Crippen MR) is 120 cm³/mol. The number of methoxy groups -OCH3 is 2. The van der Waals surface area contributed by atoms with Crippen molar-refractivity contribution >= 4 is 5.97 Å². The molecule has 0 aromatic heterocycles. The fourth-order valence-electron chi connectivity index (χ4n) is 3.25. The second-order valence-electron chi connectivity index (χ2n) is 7.72. The average Bonchev–Trinajstić information content (AvgIpc) is 2.72. The van der Waals surface area contributed by atoms with E-state index in [0.717, 1.165) is 12.8 Å². The van der Waals surface area contributed by atoms with Crippen LogP contribution in [-0.4, -0.2) is 52.6 Å². The van der Waals surface area contributed by atoms with Gasteiger partial charge in [0.05, 0.1) is 6.61 Å². The Balaban J connectivity index is 4.09. The Hall–Kier alpha value is -0.950. The number of carbonyl (C=O) groups is 1. The second-order valence-corrected chi connectivity index (χ2v) is 7.72. The van der Waals surface area contributed by atoms with E-state index in [1.54, 1.807) is 14.2 Å². The SMILES string of the molecule is CCCCCCCCCCCCC/C=C/[C@H](OCOC)[C@H](COCOC)OC(C)=O. The Bertz CT molecular complexity index is 399. The highest BCUT2D eigenvalue weighted by molar-refractivity contribution is 5.66. The van der Waals surface area contributed by atoms with E-state index in [4.69, 9.17) is 23.7 Å². The minimum absolute atomic E-state index is 0.121. The number of rotatable bonds is 22. The highest BCUT2D eigenvalue weighted by atomic mass is 16.7. The van der Waals surface area contributed by atoms with Gasteiger partial charge in [-0.05, 0) is 12.8 Å². The third-order valence-corrected chi connectivity index (χ3v) is 4.85. The van der Waals surface area contributed by atoms with Gasteiger partial charge in [-0.2, -0.15) is 0 Å². The summed E-state index contributed by atoms with van der Waals surface area (Å²) >= 11 is 0. The summed E-state index contributed by atoms with van der Waals surface area (Å²) in [6.45, 7) is 4.10. The summed E-state index contributed by atoms with van der Waals surface area (Å²) in [5.41, 5.74) is 0. The minimum atomic E-state index is -0.540. The predicted octanol–water partition coefficient (Wildman–Crippen LogP) is 5.79. The van der Waals surface area contributed by atoms with Gasteiger partial charge in [-0.1, -0.05) is 83.3 Å². The summed E-state index contributed by atoms with van der Waals surface area (Å²) in [4.78, 5) is 11.4. The molecule has 178 valence electrons. The molecule has 0 amide bonds. The quantitative estimate of drug-likeness (QED) is 0.0938. The minimum Gasteiger partial charge on any atom is -0.457 e. The van der Waals surface area contributed by atoms with Crippen LogP contribution < -0.4 is 0 Å². The highest BCUT2D eigenvalue weighted by Crippen LogP contribution is 2.13. The normalized spacial score (nSPS) is 13.6. The van der Waals surface area contributed by atoms with Gasteiger partial charge in [-0.3, -0.25) is 4.79 Å². The third kappa shape index (κ3) is 19.0. The van der Waals surface area contributed by atoms with Crippen LogP contribution >= 0.6 is 0 Å². The van der Waals surface area contributed by atoms with E-state index < -0.39 is 12.2 Å². The maximum Gasteiger partial charge on any atom is 0.303 e. The average molecular weight is 431 g/mol. The first-order chi connectivity index (χ1) is 14.7. The number of unbranched alkanes of at least 4 members (excludes halogenated alkanes) is 11. The fourth-order valence-corrected chi connectivity index (χ4v) is 3.25. The summed E-state index contributed by atoms with van der Waals surface area (Å²) in [6, 6.07) is 0. The molecule has 0 aliphatic heterocycles. The first-order valence-corrected chi connectivity index (χ1v) is 11.7. The van der Waals surface area contributed by atoms with Crippen LogP contribution in [0.1, 0.15) is 90.9 Å². The summed E-state index contributed by atoms with van der Waals surface area (Å²) in [6.07, 6.45) is 18.7. The van der Waals surface area contributed by atoms with Crippen LogP contribution in [0.15, 0.2) is 12.2 Å². The van der Waals surface area contributed by atoms with Crippen molar-refractivity contribution < 1.29 is 28.5 Å². The Morgan fingerprint density at radius 2 is 1.40 bits per heavy atom. The molecule has 2 atom stereocenters. The van der Waals surface area contributed by atoms with Crippen LogP contribution in [0.4, 0.5) is 0 Å². The van der Waals surface area contributed by atoms with Gasteiger partial charge in [-0.15, -0.1) is 0 Å². The summed E-state index contributed by atoms with van der Waals surface area (Å²) in [5.74, 6) is -0.370. The molecule has 0 unspecified atom stereocenters. The molecular formula is C24H46O6. The van der Waals surface area contributed by atoms with E-state index >= 15 is 0 Å². The molecule has 0 fully saturated rings. The molecule has 0 saturated heterocycles. The molecule has 0 aliphatic carbocycles. The van der Waals surface area contributed by atoms with E-state index in [-0.39, 0.29) is 26.2 Å². The zero-order valence-corrected chi connectivity index (χ0v) is 19.9. The Morgan fingerprint density at radius 3 is 1.93 bits per heavy atom. The lowest BCUT2D eigenvalue weighted by atomic mass is 10.0. The molecule has 6 nitrogen and oxygen atoms in total. The standard InChI is InChI=1S/C24H46O6/c1-5-6-7-8-9-10-11-12-13-14-15-16-17-18-23(29-21-27-4)24(30-22(2)25)19-28-20-26-3/h17-18,23-24H,5-16,19-21H2,1-4H3/b18-17+/t23-,24-/m0/s1. The smallest absolute Gasteiger partial charge is 0.303 e. The highest BCUT2D eigenvalue weighted by Gasteiger charge is 2.23. The van der Waals surface area contributed by atoms with Crippen LogP contribution in [-0.2, 0) is 28.5 Å². The maximum atomic E-state index is 11.4. The molecule has 0 N–H and O–H groups in total. The van der Waals surface area contributed by atoms with Crippen LogP contribution in [0, 0.1) is 0 Å². The van der Waals surface area contributed by atoms with Crippen LogP contribution in [0.3, 0.4) is 0 Å². The zero-order chi connectivity index (χ0) is 22.3. The van der Waals surface area contributed by atoms with Crippen molar-refractivity contribution in [3.8, 4) is 0 Å². The number of ether oxygens (including phenoxy) is 5. The molecule has 0 saturated carbocycles. The largest absolute Gasteiger partial charge is 0.457 e. The third-order valence-electron chi connectivity index (χ3n) is 4.85. The van der Waals surface area contributed by atoms with Gasteiger partial charge in [0.2, 0.25) is 0 Å². The fraction of sp³-hybridized carbons (Fsp3) is 0.875. The Morgan fingerprint density at radius 1 is 0.833 bits per heavy atom. The molecule has 0 radical (unpaired) electrons. The summed E-state index contributed by atoms with van der Waals surface area (Å²) in [7, 11) is 3.11. The molecule has 0 spiro atoms. The number of hydrogen-bond acceptors (Lipinski definition) is 6. The number of allylic oxidation sites excluding steroid dienone is 1. The van der Waals surface area contributed by atoms with E-state index in [0.29, 0.717) is 0 Å². The topological polar surface area (TPSA) is 63.2 Å². The lowest BCUT2D eigenvalue weighted by Gasteiger charge is -2.24. The maximum absolute atomic E-state index is 11.4. The molecule has 0 heterocycles. The van der Waals surface area contributed by atoms with Gasteiger partial charge in [0.1, 0.15) is 19.7 Å². The van der Waals surface area contributed by atoms with E-state index in [1.165, 1.54) is 71.1 Å². The van der Waals surface area contributed by atoms with Gasteiger partial charge < -0.3 is 23.7 Å². The number of carbonyl (C=O) groups excluding carboxylic acids is 1. The summed E-state index contributed by atoms with van der Waals surface area (Å²) < 4.78 is 26.3. The molecule has 0 rings (SSSR count). The van der Waals surface area contributed by atoms with Crippen molar-refractivity contribution in [2.45, 2.75) is 103 Å². The van der Waals surface area contributed by atoms with Gasteiger partial charge in [0.15, 0.2) is 6.10 Å². The van der Waals surface area contributed by atoms with Crippen LogP contribution in [0.25, 0.3) is 0 Å². The van der Waals surface area contributed by atoms with Crippen molar-refractivity contribution in [1.82, 2.24) is 0 Å². The molecule has 0 aliphatic rings. The summed E-state index contributed by atoms with van der Waals surface area (Å²) in [5, 5.41) is 0. The Kier molecular flexibility index (Phi) is 22.0. The molecule has 6 heteroatoms. The van der Waals surface area contributed by atoms with Crippen molar-refractivity contribution in [1.29, 1.82) is 0 Å². The van der Waals surface area contributed by atoms with Gasteiger partial charge in [0, 0.05) is 21.1 Å². The first-order valence-electron chi connectivity index (χ1n) is 11.7. The van der Waals surface area contributed by atoms with Crippen LogP contribution in [0.5, 0.6) is 0 Å². The van der Waals surface area contributed by atoms with Crippen molar-refractivity contribution in [3.05, 3.63) is 12.2 Å². The van der Waals surface area contributed by atoms with E-state index in [9.17, 15) is 4.79 Å². The van der Waals surface area contributed by atoms with Crippen molar-refractivity contribution in [2.24, 2.45) is 0 Å². The molecule has 0 bridgehead atoms. The second kappa shape index (κ2) is 22.7. The van der Waals surface area contributed by atoms with Crippen molar-refractivity contribution in [3.63, 3.8) is 0 Å². The number of hydrogen-bond donors (Lipinski definition) is 0. The zero-order valence-electron chi connectivity index (χ0n) is 19.9. The lowest BCUT2D eigenvalue weighted by molar-refractivity contribution is -0.169. The van der Waals surface area contributed by atoms with Crippen molar-refractivity contribution in [2.75, 3.05) is 34.4 Å². The molecule has 30 heavy (non-hydrogen) atoms. The molecule has 0 aromatic carbocycles. The van der Waals surface area contributed by atoms with E-state index in [1.807, 2.05) is 6.08 Å². The lowest BCUT2D eigenvalue weighted by Crippen LogP contribution is -2.36. The van der Waals surface area contributed by atoms with Crippen LogP contribution in [0.2, 0.25) is 0 Å². The molecular weight excluding hydrogens is 384 g/mol. The number of esters is 1. The van der Waals surface area contributed by atoms with Gasteiger partial charge in [0.25, 0.3) is 0 Å². The molecule has 0 aromatic rings. The first kappa shape index (κ1) is 29.1. The Labute approximate surface area is 184 Å². The van der Waals surface area contributed by atoms with E-state index in [2.05, 4.69) is 13.0 Å². The van der Waals surface area contributed by atoms with Gasteiger partial charge >= 0.3 is 5.97 Å².